The van der Waals surface area contributed by atoms with Gasteiger partial charge in [0, 0.05) is 32.0 Å². The first-order valence-electron chi connectivity index (χ1n) is 14.8. The zero-order valence-corrected chi connectivity index (χ0v) is 24.7. The van der Waals surface area contributed by atoms with Crippen LogP contribution in [0.15, 0.2) is 53.3 Å². The average Bonchev–Trinajstić information content (AvgIpc) is 3.62. The van der Waals surface area contributed by atoms with Crippen LogP contribution in [-0.2, 0) is 29.0 Å². The van der Waals surface area contributed by atoms with Crippen molar-refractivity contribution in [1.82, 2.24) is 29.8 Å². The fourth-order valence-electron chi connectivity index (χ4n) is 6.07. The molecule has 4 aromatic rings. The summed E-state index contributed by atoms with van der Waals surface area (Å²) >= 11 is 0. The van der Waals surface area contributed by atoms with E-state index in [4.69, 9.17) is 9.47 Å². The Morgan fingerprint density at radius 1 is 0.951 bits per heavy atom. The highest BCUT2D eigenvalue weighted by Crippen LogP contribution is 2.31. The number of nitrogens with zero attached hydrogens (tertiary/aromatic N) is 5. The maximum absolute atomic E-state index is 14.1. The van der Waals surface area contributed by atoms with Gasteiger partial charge in [-0.2, -0.15) is 5.21 Å². The fraction of sp³-hybridized carbons (Fsp3) is 0.500. The monoisotopic (exact) mass is 558 g/mol. The summed E-state index contributed by atoms with van der Waals surface area (Å²) in [5.74, 6) is 1.57. The van der Waals surface area contributed by atoms with Crippen molar-refractivity contribution < 1.29 is 9.47 Å². The molecule has 0 unspecified atom stereocenters. The van der Waals surface area contributed by atoms with Crippen LogP contribution in [0.1, 0.15) is 75.6 Å². The van der Waals surface area contributed by atoms with Crippen LogP contribution in [0.25, 0.3) is 22.5 Å². The van der Waals surface area contributed by atoms with E-state index in [0.717, 1.165) is 59.3 Å². The number of aromatic amines is 1. The van der Waals surface area contributed by atoms with E-state index in [1.807, 2.05) is 27.3 Å². The van der Waals surface area contributed by atoms with Gasteiger partial charge in [0.25, 0.3) is 0 Å². The number of rotatable bonds is 12. The van der Waals surface area contributed by atoms with Crippen molar-refractivity contribution in [3.05, 3.63) is 76.0 Å². The molecule has 0 saturated heterocycles. The zero-order valence-electron chi connectivity index (χ0n) is 24.7. The first kappa shape index (κ1) is 29.0. The molecule has 9 heteroatoms. The van der Waals surface area contributed by atoms with Gasteiger partial charge in [0.15, 0.2) is 6.29 Å². The van der Waals surface area contributed by atoms with Gasteiger partial charge >= 0.3 is 5.69 Å². The van der Waals surface area contributed by atoms with E-state index in [1.165, 1.54) is 19.3 Å². The van der Waals surface area contributed by atoms with Crippen molar-refractivity contribution >= 4 is 0 Å². The highest BCUT2D eigenvalue weighted by molar-refractivity contribution is 5.80. The van der Waals surface area contributed by atoms with Crippen molar-refractivity contribution in [3.63, 3.8) is 0 Å². The van der Waals surface area contributed by atoms with Gasteiger partial charge in [-0.05, 0) is 59.4 Å². The van der Waals surface area contributed by atoms with Gasteiger partial charge in [-0.3, -0.25) is 9.13 Å². The number of aromatic nitrogens is 6. The molecule has 1 N–H and O–H groups in total. The lowest BCUT2D eigenvalue weighted by atomic mass is 9.89. The van der Waals surface area contributed by atoms with Crippen LogP contribution >= 0.6 is 0 Å². The van der Waals surface area contributed by atoms with Crippen LogP contribution in [0.4, 0.5) is 0 Å². The van der Waals surface area contributed by atoms with Crippen molar-refractivity contribution in [2.45, 2.75) is 78.2 Å². The quantitative estimate of drug-likeness (QED) is 0.214. The van der Waals surface area contributed by atoms with Gasteiger partial charge in [-0.15, -0.1) is 10.2 Å². The number of benzene rings is 2. The third-order valence-corrected chi connectivity index (χ3v) is 8.27. The Bertz CT molecular complexity index is 1450. The number of ether oxygens (including phenoxy) is 2. The predicted molar refractivity (Wildman–Crippen MR) is 159 cm³/mol. The molecule has 1 saturated carbocycles. The summed E-state index contributed by atoms with van der Waals surface area (Å²) < 4.78 is 15.5. The number of imidazole rings is 1. The molecule has 2 heterocycles. The first-order chi connectivity index (χ1) is 20.0. The highest BCUT2D eigenvalue weighted by Gasteiger charge is 2.28. The minimum absolute atomic E-state index is 0.0231. The maximum atomic E-state index is 14.1. The molecule has 0 amide bonds. The topological polar surface area (TPSA) is 99.9 Å². The third kappa shape index (κ3) is 6.52. The van der Waals surface area contributed by atoms with Crippen molar-refractivity contribution in [3.8, 4) is 22.5 Å². The van der Waals surface area contributed by atoms with Crippen LogP contribution in [0.2, 0.25) is 0 Å². The molecule has 2 aromatic carbocycles. The van der Waals surface area contributed by atoms with Gasteiger partial charge < -0.3 is 9.47 Å². The lowest BCUT2D eigenvalue weighted by Crippen LogP contribution is -2.29. The second-order valence-corrected chi connectivity index (χ2v) is 11.5. The number of nitrogens with one attached hydrogen (secondary N) is 1. The summed E-state index contributed by atoms with van der Waals surface area (Å²) in [4.78, 5) is 14.1. The lowest BCUT2D eigenvalue weighted by Gasteiger charge is -2.24. The largest absolute Gasteiger partial charge is 0.350 e. The van der Waals surface area contributed by atoms with Crippen LogP contribution < -0.4 is 5.69 Å². The molecule has 1 aliphatic carbocycles. The Hall–Kier alpha value is -3.56. The molecule has 1 aliphatic rings. The summed E-state index contributed by atoms with van der Waals surface area (Å²) in [5.41, 5.74) is 5.96. The molecule has 0 bridgehead atoms. The minimum Gasteiger partial charge on any atom is -0.350 e. The third-order valence-electron chi connectivity index (χ3n) is 8.27. The number of methoxy groups -OCH3 is 2. The number of H-pyrrole nitrogens is 1. The second kappa shape index (κ2) is 13.4. The van der Waals surface area contributed by atoms with Gasteiger partial charge in [0.2, 0.25) is 5.82 Å². The molecule has 5 rings (SSSR count). The molecule has 1 fully saturated rings. The highest BCUT2D eigenvalue weighted by atomic mass is 16.7. The van der Waals surface area contributed by atoms with Crippen molar-refractivity contribution in [2.24, 2.45) is 11.8 Å². The van der Waals surface area contributed by atoms with Crippen LogP contribution in [-0.4, -0.2) is 44.0 Å². The molecular weight excluding hydrogens is 516 g/mol. The Morgan fingerprint density at radius 2 is 1.66 bits per heavy atom. The predicted octanol–water partition coefficient (Wildman–Crippen LogP) is 6.01. The van der Waals surface area contributed by atoms with Gasteiger partial charge in [0.05, 0.1) is 12.2 Å². The molecule has 0 radical (unpaired) electrons. The molecule has 0 spiro atoms. The van der Waals surface area contributed by atoms with Gasteiger partial charge in [0.1, 0.15) is 0 Å². The molecule has 9 nitrogen and oxygen atoms in total. The Labute approximate surface area is 241 Å². The van der Waals surface area contributed by atoms with Gasteiger partial charge in [-0.25, -0.2) is 4.79 Å². The van der Waals surface area contributed by atoms with E-state index in [-0.39, 0.29) is 5.69 Å². The first-order valence-corrected chi connectivity index (χ1v) is 14.8. The molecule has 0 aliphatic heterocycles. The van der Waals surface area contributed by atoms with E-state index < -0.39 is 6.29 Å². The lowest BCUT2D eigenvalue weighted by molar-refractivity contribution is -0.111. The van der Waals surface area contributed by atoms with E-state index >= 15 is 0 Å². The summed E-state index contributed by atoms with van der Waals surface area (Å²) in [5, 5.41) is 14.6. The fourth-order valence-corrected chi connectivity index (χ4v) is 6.07. The standard InChI is InChI=1S/C32H42N6O3/c1-22(2)14-19-28-29(31(40-3)41-4)38(21-23-10-6-5-7-11-23)32(39)37(28)20-24-15-17-25(18-16-24)26-12-8-9-13-27(26)30-33-35-36-34-30/h8-9,12-13,15-18,22-23,31H,5-7,10-11,14,19-21H2,1-4H3,(H,33,34,35,36). The molecule has 0 atom stereocenters. The van der Waals surface area contributed by atoms with Gasteiger partial charge in [-0.1, -0.05) is 81.6 Å². The second-order valence-electron chi connectivity index (χ2n) is 11.5. The molecule has 41 heavy (non-hydrogen) atoms. The average molecular weight is 559 g/mol. The number of hydrogen-bond donors (Lipinski definition) is 1. The normalized spacial score (nSPS) is 14.4. The minimum atomic E-state index is -0.585. The van der Waals surface area contributed by atoms with E-state index in [1.54, 1.807) is 14.2 Å². The Kier molecular flexibility index (Phi) is 9.46. The van der Waals surface area contributed by atoms with Crippen molar-refractivity contribution in [2.75, 3.05) is 14.2 Å². The Balaban J connectivity index is 1.51. The van der Waals surface area contributed by atoms with Crippen LogP contribution in [0.3, 0.4) is 0 Å². The SMILES string of the molecule is COC(OC)c1c(CCC(C)C)n(Cc2ccc(-c3ccccc3-c3nn[nH]n3)cc2)c(=O)n1CC1CCCCC1. The Morgan fingerprint density at radius 3 is 2.29 bits per heavy atom. The maximum Gasteiger partial charge on any atom is 0.329 e. The van der Waals surface area contributed by atoms with E-state index in [9.17, 15) is 4.79 Å². The van der Waals surface area contributed by atoms with Crippen LogP contribution in [0.5, 0.6) is 0 Å². The number of tetrazole rings is 1. The van der Waals surface area contributed by atoms with E-state index in [2.05, 4.69) is 64.8 Å². The van der Waals surface area contributed by atoms with Crippen molar-refractivity contribution in [1.29, 1.82) is 0 Å². The summed E-state index contributed by atoms with van der Waals surface area (Å²) in [6, 6.07) is 16.4. The van der Waals surface area contributed by atoms with Crippen LogP contribution in [0, 0.1) is 11.8 Å². The van der Waals surface area contributed by atoms with E-state index in [0.29, 0.717) is 30.7 Å². The zero-order chi connectivity index (χ0) is 28.8. The molecule has 2 aromatic heterocycles. The molecular formula is C32H42N6O3. The summed E-state index contributed by atoms with van der Waals surface area (Å²) in [6.45, 7) is 5.64. The molecule has 218 valence electrons. The summed E-state index contributed by atoms with van der Waals surface area (Å²) in [7, 11) is 3.30. The number of hydrogen-bond acceptors (Lipinski definition) is 6. The summed E-state index contributed by atoms with van der Waals surface area (Å²) in [6.07, 6.45) is 7.26. The smallest absolute Gasteiger partial charge is 0.329 e.